The molecule has 0 aromatic heterocycles. The summed E-state index contributed by atoms with van der Waals surface area (Å²) in [7, 11) is 0. The van der Waals surface area contributed by atoms with Crippen LogP contribution in [0.1, 0.15) is 0 Å². The first-order chi connectivity index (χ1) is 3.39. The number of halogens is 1. The van der Waals surface area contributed by atoms with Crippen LogP contribution in [-0.2, 0) is 0 Å². The first-order valence-corrected chi connectivity index (χ1v) is 2.22. The lowest BCUT2D eigenvalue weighted by Gasteiger charge is -2.12. The van der Waals surface area contributed by atoms with E-state index in [1.807, 2.05) is 0 Å². The largest absolute Gasteiger partial charge is 0.388 e. The molecular weight excluding hydrogens is 95.1 g/mol. The van der Waals surface area contributed by atoms with Gasteiger partial charge in [-0.05, 0) is 0 Å². The van der Waals surface area contributed by atoms with Crippen LogP contribution in [-0.4, -0.2) is 18.2 Å². The van der Waals surface area contributed by atoms with Crippen LogP contribution in [0.5, 0.6) is 0 Å². The minimum Gasteiger partial charge on any atom is -0.388 e. The lowest BCUT2D eigenvalue weighted by Crippen LogP contribution is -2.25. The quantitative estimate of drug-likeness (QED) is 0.441. The first-order valence-electron chi connectivity index (χ1n) is 2.22. The number of hydrogen-bond donors (Lipinski definition) is 1. The third-order valence-electron chi connectivity index (χ3n) is 0.824. The van der Waals surface area contributed by atoms with Crippen molar-refractivity contribution in [2.24, 2.45) is 0 Å². The molecule has 2 nitrogen and oxygen atoms in total. The molecule has 0 fully saturated rings. The third-order valence-corrected chi connectivity index (χ3v) is 0.824. The highest BCUT2D eigenvalue weighted by Crippen LogP contribution is 1.90. The van der Waals surface area contributed by atoms with Crippen LogP contribution < -0.4 is 5.32 Å². The van der Waals surface area contributed by atoms with Crippen molar-refractivity contribution in [3.05, 3.63) is 12.4 Å². The fourth-order valence-corrected chi connectivity index (χ4v) is 0.463. The molecule has 3 heteroatoms. The predicted molar refractivity (Wildman–Crippen MR) is 25.0 cm³/mol. The summed E-state index contributed by atoms with van der Waals surface area (Å²) >= 11 is 0. The van der Waals surface area contributed by atoms with Gasteiger partial charge in [0.05, 0.1) is 6.54 Å². The van der Waals surface area contributed by atoms with Gasteiger partial charge in [-0.2, -0.15) is 0 Å². The van der Waals surface area contributed by atoms with E-state index in [2.05, 4.69) is 5.32 Å². The number of nitrogens with one attached hydrogen (secondary N) is 1. The lowest BCUT2D eigenvalue weighted by atomic mass is 10.5. The molecule has 0 aromatic rings. The zero-order valence-corrected chi connectivity index (χ0v) is 3.89. The summed E-state index contributed by atoms with van der Waals surface area (Å²) in [5.74, 6) is 0. The summed E-state index contributed by atoms with van der Waals surface area (Å²) in [6.45, 7) is 1.16. The maximum atomic E-state index is 11.9. The highest BCUT2D eigenvalue weighted by Gasteiger charge is 1.96. The fourth-order valence-electron chi connectivity index (χ4n) is 0.463. The summed E-state index contributed by atoms with van der Waals surface area (Å²) in [5, 5.41) is 3.50. The van der Waals surface area contributed by atoms with Crippen molar-refractivity contribution >= 4 is 0 Å². The molecule has 0 radical (unpaired) electrons. The molecule has 0 atom stereocenters. The summed E-state index contributed by atoms with van der Waals surface area (Å²) < 4.78 is 11.9. The second kappa shape index (κ2) is 1.82. The van der Waals surface area contributed by atoms with Gasteiger partial charge in [-0.15, -0.1) is 4.48 Å². The lowest BCUT2D eigenvalue weighted by molar-refractivity contribution is 0.0848. The molecule has 7 heavy (non-hydrogen) atoms. The van der Waals surface area contributed by atoms with Crippen molar-refractivity contribution in [2.45, 2.75) is 0 Å². The van der Waals surface area contributed by atoms with Gasteiger partial charge in [-0.25, -0.2) is 5.12 Å². The highest BCUT2D eigenvalue weighted by atomic mass is 19.2. The normalized spacial score (nSPS) is 19.3. The van der Waals surface area contributed by atoms with E-state index < -0.39 is 0 Å². The van der Waals surface area contributed by atoms with Crippen LogP contribution >= 0.6 is 0 Å². The molecule has 0 saturated heterocycles. The van der Waals surface area contributed by atoms with Gasteiger partial charge in [0, 0.05) is 18.9 Å². The Bertz CT molecular complexity index is 81.8. The summed E-state index contributed by atoms with van der Waals surface area (Å²) in [6.07, 6.45) is 2.95. The molecule has 0 aromatic carbocycles. The van der Waals surface area contributed by atoms with Gasteiger partial charge in [0.1, 0.15) is 0 Å². The summed E-state index contributed by atoms with van der Waals surface area (Å²) in [6, 6.07) is 0. The Labute approximate surface area is 41.5 Å². The number of nitrogens with zero attached hydrogens (tertiary/aromatic N) is 1. The van der Waals surface area contributed by atoms with Gasteiger partial charge in [-0.1, -0.05) is 0 Å². The van der Waals surface area contributed by atoms with Gasteiger partial charge in [-0.3, -0.25) is 0 Å². The van der Waals surface area contributed by atoms with Crippen molar-refractivity contribution in [1.29, 1.82) is 0 Å². The molecule has 1 rings (SSSR count). The minimum absolute atomic E-state index is 0.455. The van der Waals surface area contributed by atoms with E-state index in [0.29, 0.717) is 18.2 Å². The zero-order chi connectivity index (χ0) is 5.11. The van der Waals surface area contributed by atoms with Crippen LogP contribution in [0.4, 0.5) is 4.48 Å². The van der Waals surface area contributed by atoms with E-state index >= 15 is 0 Å². The standard InChI is InChI=1S/C4H7FN2/c5-7-3-1-6-2-4-7/h1,3,6H,2,4H2. The Morgan fingerprint density at radius 3 is 2.86 bits per heavy atom. The maximum Gasteiger partial charge on any atom is 0.0672 e. The molecule has 0 amide bonds. The molecule has 0 spiro atoms. The zero-order valence-electron chi connectivity index (χ0n) is 3.89. The summed E-state index contributed by atoms with van der Waals surface area (Å²) in [5.41, 5.74) is 0. The molecule has 0 saturated carbocycles. The van der Waals surface area contributed by atoms with Crippen molar-refractivity contribution in [3.8, 4) is 0 Å². The van der Waals surface area contributed by atoms with Gasteiger partial charge in [0.2, 0.25) is 0 Å². The van der Waals surface area contributed by atoms with Gasteiger partial charge >= 0.3 is 0 Å². The Kier molecular flexibility index (Phi) is 1.15. The average Bonchev–Trinajstić information content (AvgIpc) is 1.69. The molecular formula is C4H7FN2. The Balaban J connectivity index is 2.36. The second-order valence-corrected chi connectivity index (χ2v) is 1.39. The van der Waals surface area contributed by atoms with Crippen molar-refractivity contribution < 1.29 is 4.48 Å². The number of hydrogen-bond acceptors (Lipinski definition) is 2. The van der Waals surface area contributed by atoms with E-state index in [9.17, 15) is 4.48 Å². The SMILES string of the molecule is FN1C=CNCC1. The van der Waals surface area contributed by atoms with Gasteiger partial charge in [0.15, 0.2) is 0 Å². The molecule has 1 aliphatic heterocycles. The first kappa shape index (κ1) is 4.43. The molecule has 40 valence electrons. The van der Waals surface area contributed by atoms with E-state index in [1.165, 1.54) is 6.20 Å². The Morgan fingerprint density at radius 2 is 2.57 bits per heavy atom. The van der Waals surface area contributed by atoms with Crippen LogP contribution in [0, 0.1) is 0 Å². The smallest absolute Gasteiger partial charge is 0.0672 e. The Morgan fingerprint density at radius 1 is 1.71 bits per heavy atom. The van der Waals surface area contributed by atoms with E-state index in [0.717, 1.165) is 0 Å². The van der Waals surface area contributed by atoms with E-state index in [4.69, 9.17) is 0 Å². The van der Waals surface area contributed by atoms with Crippen LogP contribution in [0.15, 0.2) is 12.4 Å². The van der Waals surface area contributed by atoms with Crippen molar-refractivity contribution in [1.82, 2.24) is 10.4 Å². The van der Waals surface area contributed by atoms with Crippen molar-refractivity contribution in [3.63, 3.8) is 0 Å². The topological polar surface area (TPSA) is 15.3 Å². The van der Waals surface area contributed by atoms with E-state index in [-0.39, 0.29) is 0 Å². The molecule has 1 aliphatic rings. The maximum absolute atomic E-state index is 11.9. The van der Waals surface area contributed by atoms with Crippen LogP contribution in [0.25, 0.3) is 0 Å². The van der Waals surface area contributed by atoms with Gasteiger partial charge < -0.3 is 5.32 Å². The van der Waals surface area contributed by atoms with Crippen LogP contribution in [0.2, 0.25) is 0 Å². The minimum atomic E-state index is 0.455. The molecule has 0 aliphatic carbocycles. The second-order valence-electron chi connectivity index (χ2n) is 1.39. The molecule has 1 N–H and O–H groups in total. The fraction of sp³-hybridized carbons (Fsp3) is 0.500. The highest BCUT2D eigenvalue weighted by molar-refractivity contribution is 4.81. The average molecular weight is 102 g/mol. The predicted octanol–water partition coefficient (Wildman–Crippen LogP) is 0.247. The van der Waals surface area contributed by atoms with Crippen LogP contribution in [0.3, 0.4) is 0 Å². The van der Waals surface area contributed by atoms with Crippen molar-refractivity contribution in [2.75, 3.05) is 13.1 Å². The summed E-state index contributed by atoms with van der Waals surface area (Å²) in [4.78, 5) is 0. The number of rotatable bonds is 0. The van der Waals surface area contributed by atoms with E-state index in [1.54, 1.807) is 6.20 Å². The Hall–Kier alpha value is -0.730. The third kappa shape index (κ3) is 1.07. The van der Waals surface area contributed by atoms with Gasteiger partial charge in [0.25, 0.3) is 0 Å². The molecule has 0 unspecified atom stereocenters. The molecule has 1 heterocycles. The monoisotopic (exact) mass is 102 g/mol. The molecule has 0 bridgehead atoms.